The molecule has 0 saturated heterocycles. The lowest BCUT2D eigenvalue weighted by Crippen LogP contribution is -1.95. The van der Waals surface area contributed by atoms with Crippen LogP contribution in [0.3, 0.4) is 0 Å². The minimum atomic E-state index is 0.796. The minimum absolute atomic E-state index is 0.796. The van der Waals surface area contributed by atoms with Crippen molar-refractivity contribution < 1.29 is 4.74 Å². The van der Waals surface area contributed by atoms with Crippen LogP contribution in [0.2, 0.25) is 0 Å². The maximum absolute atomic E-state index is 5.29. The molecule has 0 aliphatic heterocycles. The van der Waals surface area contributed by atoms with Crippen LogP contribution in [0, 0.1) is 19.3 Å². The summed E-state index contributed by atoms with van der Waals surface area (Å²) in [4.78, 5) is 0. The van der Waals surface area contributed by atoms with Gasteiger partial charge in [0.25, 0.3) is 0 Å². The molecule has 0 N–H and O–H groups in total. The molecule has 0 aliphatic rings. The molecule has 12 heavy (non-hydrogen) atoms. The van der Waals surface area contributed by atoms with E-state index in [-0.39, 0.29) is 0 Å². The molecule has 1 nitrogen and oxygen atoms in total. The van der Waals surface area contributed by atoms with Gasteiger partial charge in [-0.1, -0.05) is 19.8 Å². The molecule has 0 fully saturated rings. The van der Waals surface area contributed by atoms with E-state index < -0.39 is 0 Å². The standard InChI is InChI=1S/C11H19O/c1-3-5-6-7-8-9-11-12-10-4-2/h1H,2,4-11H2. The number of terminal acetylenes is 1. The van der Waals surface area contributed by atoms with Crippen LogP contribution in [0.5, 0.6) is 0 Å². The number of hydrogen-bond acceptors (Lipinski definition) is 1. The molecule has 0 aromatic rings. The maximum atomic E-state index is 5.29. The molecule has 0 atom stereocenters. The first-order valence-electron chi connectivity index (χ1n) is 4.72. The molecule has 0 saturated carbocycles. The van der Waals surface area contributed by atoms with Gasteiger partial charge in [0, 0.05) is 19.6 Å². The smallest absolute Gasteiger partial charge is 0.0466 e. The maximum Gasteiger partial charge on any atom is 0.0466 e. The van der Waals surface area contributed by atoms with E-state index in [0.717, 1.165) is 38.9 Å². The summed E-state index contributed by atoms with van der Waals surface area (Å²) in [7, 11) is 0. The largest absolute Gasteiger partial charge is 0.381 e. The van der Waals surface area contributed by atoms with Gasteiger partial charge in [0.1, 0.15) is 0 Å². The van der Waals surface area contributed by atoms with Crippen molar-refractivity contribution in [3.05, 3.63) is 6.92 Å². The first kappa shape index (κ1) is 11.5. The zero-order valence-electron chi connectivity index (χ0n) is 7.85. The Balaban J connectivity index is 2.78. The van der Waals surface area contributed by atoms with Gasteiger partial charge in [-0.2, -0.15) is 0 Å². The summed E-state index contributed by atoms with van der Waals surface area (Å²) in [6, 6.07) is 0. The van der Waals surface area contributed by atoms with Gasteiger partial charge < -0.3 is 4.74 Å². The summed E-state index contributed by atoms with van der Waals surface area (Å²) in [6.45, 7) is 5.37. The van der Waals surface area contributed by atoms with Crippen molar-refractivity contribution >= 4 is 0 Å². The average molecular weight is 167 g/mol. The first-order chi connectivity index (χ1) is 5.91. The quantitative estimate of drug-likeness (QED) is 0.399. The van der Waals surface area contributed by atoms with Crippen molar-refractivity contribution in [2.24, 2.45) is 0 Å². The van der Waals surface area contributed by atoms with Gasteiger partial charge in [0.2, 0.25) is 0 Å². The lowest BCUT2D eigenvalue weighted by atomic mass is 10.1. The van der Waals surface area contributed by atoms with E-state index in [4.69, 9.17) is 11.2 Å². The molecule has 0 spiro atoms. The fraction of sp³-hybridized carbons (Fsp3) is 0.727. The van der Waals surface area contributed by atoms with Crippen molar-refractivity contribution in [3.8, 4) is 12.3 Å². The highest BCUT2D eigenvalue weighted by Gasteiger charge is 1.89. The van der Waals surface area contributed by atoms with E-state index in [1.54, 1.807) is 0 Å². The second-order valence-electron chi connectivity index (χ2n) is 2.83. The highest BCUT2D eigenvalue weighted by atomic mass is 16.5. The Morgan fingerprint density at radius 3 is 2.50 bits per heavy atom. The van der Waals surface area contributed by atoms with Crippen LogP contribution in [-0.2, 0) is 4.74 Å². The van der Waals surface area contributed by atoms with Crippen molar-refractivity contribution in [3.63, 3.8) is 0 Å². The Hall–Kier alpha value is -0.480. The summed E-state index contributed by atoms with van der Waals surface area (Å²) in [5, 5.41) is 0. The second-order valence-corrected chi connectivity index (χ2v) is 2.83. The zero-order valence-corrected chi connectivity index (χ0v) is 7.85. The van der Waals surface area contributed by atoms with Crippen LogP contribution in [-0.4, -0.2) is 13.2 Å². The minimum Gasteiger partial charge on any atom is -0.381 e. The lowest BCUT2D eigenvalue weighted by molar-refractivity contribution is 0.134. The topological polar surface area (TPSA) is 9.23 Å². The highest BCUT2D eigenvalue weighted by Crippen LogP contribution is 2.02. The lowest BCUT2D eigenvalue weighted by Gasteiger charge is -2.01. The molecule has 0 rings (SSSR count). The van der Waals surface area contributed by atoms with Gasteiger partial charge in [-0.05, 0) is 19.3 Å². The molecule has 0 aliphatic carbocycles. The molecule has 0 bridgehead atoms. The summed E-state index contributed by atoms with van der Waals surface area (Å²) >= 11 is 0. The number of ether oxygens (including phenoxy) is 1. The van der Waals surface area contributed by atoms with Gasteiger partial charge >= 0.3 is 0 Å². The van der Waals surface area contributed by atoms with Crippen LogP contribution >= 0.6 is 0 Å². The van der Waals surface area contributed by atoms with E-state index in [1.165, 1.54) is 12.8 Å². The van der Waals surface area contributed by atoms with Gasteiger partial charge in [0.15, 0.2) is 0 Å². The Bertz CT molecular complexity index is 113. The monoisotopic (exact) mass is 167 g/mol. The van der Waals surface area contributed by atoms with E-state index in [0.29, 0.717) is 0 Å². The SMILES string of the molecule is C#CCCCCCCOCC[CH2]. The van der Waals surface area contributed by atoms with Gasteiger partial charge in [-0.25, -0.2) is 0 Å². The van der Waals surface area contributed by atoms with Crippen LogP contribution in [0.15, 0.2) is 0 Å². The summed E-state index contributed by atoms with van der Waals surface area (Å²) in [5.41, 5.74) is 0. The molecule has 0 heterocycles. The number of hydrogen-bond donors (Lipinski definition) is 0. The normalized spacial score (nSPS) is 9.67. The molecule has 1 heteroatoms. The fourth-order valence-corrected chi connectivity index (χ4v) is 0.989. The van der Waals surface area contributed by atoms with Crippen LogP contribution in [0.4, 0.5) is 0 Å². The molecule has 69 valence electrons. The third-order valence-electron chi connectivity index (χ3n) is 1.65. The van der Waals surface area contributed by atoms with Crippen molar-refractivity contribution in [1.29, 1.82) is 0 Å². The van der Waals surface area contributed by atoms with Gasteiger partial charge in [-0.15, -0.1) is 12.3 Å². The Morgan fingerprint density at radius 2 is 1.83 bits per heavy atom. The summed E-state index contributed by atoms with van der Waals surface area (Å²) in [6.07, 6.45) is 11.7. The van der Waals surface area contributed by atoms with E-state index >= 15 is 0 Å². The van der Waals surface area contributed by atoms with Crippen molar-refractivity contribution in [2.75, 3.05) is 13.2 Å². The first-order valence-corrected chi connectivity index (χ1v) is 4.72. The predicted octanol–water partition coefficient (Wildman–Crippen LogP) is 2.81. The molecule has 0 amide bonds. The number of unbranched alkanes of at least 4 members (excludes halogenated alkanes) is 4. The molecule has 0 aromatic heterocycles. The molecular weight excluding hydrogens is 148 g/mol. The second kappa shape index (κ2) is 10.5. The van der Waals surface area contributed by atoms with Gasteiger partial charge in [-0.3, -0.25) is 0 Å². The summed E-state index contributed by atoms with van der Waals surface area (Å²) < 4.78 is 5.29. The van der Waals surface area contributed by atoms with Crippen LogP contribution in [0.25, 0.3) is 0 Å². The Kier molecular flexibility index (Phi) is 10.1. The van der Waals surface area contributed by atoms with Crippen molar-refractivity contribution in [1.82, 2.24) is 0 Å². The van der Waals surface area contributed by atoms with E-state index in [9.17, 15) is 0 Å². The third kappa shape index (κ3) is 9.52. The average Bonchev–Trinajstić information content (AvgIpc) is 2.10. The Labute approximate surface area is 76.5 Å². The van der Waals surface area contributed by atoms with Crippen LogP contribution < -0.4 is 0 Å². The van der Waals surface area contributed by atoms with E-state index in [1.807, 2.05) is 0 Å². The molecule has 0 aromatic carbocycles. The third-order valence-corrected chi connectivity index (χ3v) is 1.65. The van der Waals surface area contributed by atoms with E-state index in [2.05, 4.69) is 12.8 Å². The zero-order chi connectivity index (χ0) is 9.07. The Morgan fingerprint density at radius 1 is 1.08 bits per heavy atom. The van der Waals surface area contributed by atoms with Crippen molar-refractivity contribution in [2.45, 2.75) is 38.5 Å². The fourth-order valence-electron chi connectivity index (χ4n) is 0.989. The predicted molar refractivity (Wildman–Crippen MR) is 52.7 cm³/mol. The molecule has 0 unspecified atom stereocenters. The number of rotatable bonds is 8. The molecular formula is C11H19O. The summed E-state index contributed by atoms with van der Waals surface area (Å²) in [5.74, 6) is 2.64. The molecule has 1 radical (unpaired) electrons. The highest BCUT2D eigenvalue weighted by molar-refractivity contribution is 4.82. The van der Waals surface area contributed by atoms with Crippen LogP contribution in [0.1, 0.15) is 38.5 Å². The van der Waals surface area contributed by atoms with Gasteiger partial charge in [0.05, 0.1) is 0 Å².